The van der Waals surface area contributed by atoms with E-state index >= 15 is 0 Å². The Morgan fingerprint density at radius 3 is 2.46 bits per heavy atom. The molecule has 1 rings (SSSR count). The van der Waals surface area contributed by atoms with Crippen molar-refractivity contribution in [2.75, 3.05) is 0 Å². The second-order valence-electron chi connectivity index (χ2n) is 3.82. The summed E-state index contributed by atoms with van der Waals surface area (Å²) in [7, 11) is -3.38. The summed E-state index contributed by atoms with van der Waals surface area (Å²) in [5, 5.41) is 4.68. The second-order valence-corrected chi connectivity index (χ2v) is 5.74. The molecule has 1 aliphatic rings. The lowest BCUT2D eigenvalue weighted by Gasteiger charge is -2.20. The first-order chi connectivity index (χ1) is 5.96. The Balaban J connectivity index is 2.68. The van der Waals surface area contributed by atoms with Crippen molar-refractivity contribution >= 4 is 10.0 Å². The highest BCUT2D eigenvalue weighted by molar-refractivity contribution is 7.89. The van der Waals surface area contributed by atoms with Gasteiger partial charge in [0.05, 0.1) is 5.25 Å². The summed E-state index contributed by atoms with van der Waals surface area (Å²) in [5.41, 5.74) is 0. The smallest absolute Gasteiger partial charge is 0.211 e. The zero-order valence-electron chi connectivity index (χ0n) is 7.94. The first kappa shape index (κ1) is 10.7. The van der Waals surface area contributed by atoms with Crippen LogP contribution in [0.3, 0.4) is 0 Å². The minimum Gasteiger partial charge on any atom is -0.228 e. The van der Waals surface area contributed by atoms with Gasteiger partial charge in [0, 0.05) is 0 Å². The topological polar surface area (TPSA) is 60.2 Å². The van der Waals surface area contributed by atoms with Gasteiger partial charge in [-0.05, 0) is 38.0 Å². The number of nitrogens with two attached hydrogens (primary N) is 1. The Kier molecular flexibility index (Phi) is 3.14. The Labute approximate surface area is 80.1 Å². The number of hydrogen-bond donors (Lipinski definition) is 1. The van der Waals surface area contributed by atoms with Crippen LogP contribution in [0.1, 0.15) is 26.2 Å². The lowest BCUT2D eigenvalue weighted by molar-refractivity contribution is 0.443. The molecular formula is C9H17NO2S. The third kappa shape index (κ3) is 2.81. The van der Waals surface area contributed by atoms with Crippen LogP contribution in [0, 0.1) is 11.8 Å². The molecule has 0 heterocycles. The molecule has 0 aliphatic heterocycles. The highest BCUT2D eigenvalue weighted by Crippen LogP contribution is 2.41. The van der Waals surface area contributed by atoms with E-state index in [1.165, 1.54) is 0 Å². The average Bonchev–Trinajstić information content (AvgIpc) is 2.79. The van der Waals surface area contributed by atoms with Crippen molar-refractivity contribution in [3.8, 4) is 0 Å². The Hall–Kier alpha value is -0.350. The molecule has 0 amide bonds. The van der Waals surface area contributed by atoms with E-state index in [1.807, 2.05) is 0 Å². The molecule has 0 spiro atoms. The average molecular weight is 203 g/mol. The lowest BCUT2D eigenvalue weighted by atomic mass is 9.96. The molecule has 3 nitrogen and oxygen atoms in total. The quantitative estimate of drug-likeness (QED) is 0.684. The summed E-state index contributed by atoms with van der Waals surface area (Å²) in [6.07, 6.45) is 4.81. The molecule has 0 aromatic carbocycles. The maximum atomic E-state index is 11.1. The molecule has 0 aromatic heterocycles. The summed E-state index contributed by atoms with van der Waals surface area (Å²) >= 11 is 0. The van der Waals surface area contributed by atoms with E-state index in [4.69, 9.17) is 5.14 Å². The molecule has 4 heteroatoms. The largest absolute Gasteiger partial charge is 0.228 e. The van der Waals surface area contributed by atoms with E-state index in [0.29, 0.717) is 5.92 Å². The van der Waals surface area contributed by atoms with Gasteiger partial charge >= 0.3 is 0 Å². The molecule has 0 unspecified atom stereocenters. The number of rotatable bonds is 5. The molecule has 0 radical (unpaired) electrons. The van der Waals surface area contributed by atoms with Crippen LogP contribution in [-0.2, 0) is 10.0 Å². The fourth-order valence-electron chi connectivity index (χ4n) is 1.73. The Morgan fingerprint density at radius 1 is 1.62 bits per heavy atom. The predicted molar refractivity (Wildman–Crippen MR) is 53.6 cm³/mol. The number of primary sulfonamides is 1. The van der Waals surface area contributed by atoms with Crippen molar-refractivity contribution in [3.63, 3.8) is 0 Å². The standard InChI is InChI=1S/C9H17NO2S/c1-3-4-9(8-5-6-8)7(2)13(10,11)12/h3,7-9H,1,4-6H2,2H3,(H2,10,11,12)/t7-,9-/m1/s1. The molecule has 0 saturated heterocycles. The Morgan fingerprint density at radius 2 is 2.15 bits per heavy atom. The van der Waals surface area contributed by atoms with Crippen LogP contribution in [-0.4, -0.2) is 13.7 Å². The SMILES string of the molecule is C=CC[C@@H](C1CC1)[C@@H](C)S(N)(=O)=O. The van der Waals surface area contributed by atoms with E-state index < -0.39 is 15.3 Å². The summed E-state index contributed by atoms with van der Waals surface area (Å²) < 4.78 is 22.2. The highest BCUT2D eigenvalue weighted by atomic mass is 32.2. The molecule has 0 bridgehead atoms. The fourth-order valence-corrected chi connectivity index (χ4v) is 2.55. The maximum absolute atomic E-state index is 11.1. The van der Waals surface area contributed by atoms with Gasteiger partial charge in [0.15, 0.2) is 0 Å². The molecule has 1 fully saturated rings. The van der Waals surface area contributed by atoms with Gasteiger partial charge in [0.25, 0.3) is 0 Å². The summed E-state index contributed by atoms with van der Waals surface area (Å²) in [6.45, 7) is 5.34. The van der Waals surface area contributed by atoms with E-state index in [9.17, 15) is 8.42 Å². The number of allylic oxidation sites excluding steroid dienone is 1. The van der Waals surface area contributed by atoms with Gasteiger partial charge < -0.3 is 0 Å². The van der Waals surface area contributed by atoms with Crippen molar-refractivity contribution in [2.45, 2.75) is 31.4 Å². The van der Waals surface area contributed by atoms with Crippen molar-refractivity contribution in [2.24, 2.45) is 17.0 Å². The van der Waals surface area contributed by atoms with E-state index in [1.54, 1.807) is 13.0 Å². The first-order valence-electron chi connectivity index (χ1n) is 4.59. The van der Waals surface area contributed by atoms with Crippen LogP contribution in [0.5, 0.6) is 0 Å². The molecule has 76 valence electrons. The molecule has 13 heavy (non-hydrogen) atoms. The number of sulfonamides is 1. The summed E-state index contributed by atoms with van der Waals surface area (Å²) in [6, 6.07) is 0. The zero-order valence-corrected chi connectivity index (χ0v) is 8.76. The molecule has 1 aliphatic carbocycles. The minimum absolute atomic E-state index is 0.174. The van der Waals surface area contributed by atoms with Gasteiger partial charge in [-0.1, -0.05) is 6.08 Å². The fraction of sp³-hybridized carbons (Fsp3) is 0.778. The highest BCUT2D eigenvalue weighted by Gasteiger charge is 2.37. The van der Waals surface area contributed by atoms with Crippen LogP contribution < -0.4 is 5.14 Å². The number of hydrogen-bond acceptors (Lipinski definition) is 2. The van der Waals surface area contributed by atoms with Crippen molar-refractivity contribution < 1.29 is 8.42 Å². The molecule has 0 aromatic rings. The summed E-state index contributed by atoms with van der Waals surface area (Å²) in [5.74, 6) is 0.721. The van der Waals surface area contributed by atoms with Gasteiger partial charge in [-0.2, -0.15) is 0 Å². The van der Waals surface area contributed by atoms with Crippen molar-refractivity contribution in [3.05, 3.63) is 12.7 Å². The van der Waals surface area contributed by atoms with Gasteiger partial charge in [-0.25, -0.2) is 13.6 Å². The maximum Gasteiger partial charge on any atom is 0.211 e. The van der Waals surface area contributed by atoms with Crippen molar-refractivity contribution in [1.29, 1.82) is 0 Å². The third-order valence-corrected chi connectivity index (χ3v) is 4.17. The first-order valence-corrected chi connectivity index (χ1v) is 6.20. The molecular weight excluding hydrogens is 186 g/mol. The predicted octanol–water partition coefficient (Wildman–Crippen LogP) is 1.27. The third-order valence-electron chi connectivity index (χ3n) is 2.79. The minimum atomic E-state index is -3.38. The van der Waals surface area contributed by atoms with Crippen LogP contribution in [0.15, 0.2) is 12.7 Å². The normalized spacial score (nSPS) is 22.3. The monoisotopic (exact) mass is 203 g/mol. The Bertz CT molecular complexity index is 280. The molecule has 2 atom stereocenters. The van der Waals surface area contributed by atoms with Gasteiger partial charge in [-0.3, -0.25) is 0 Å². The van der Waals surface area contributed by atoms with E-state index in [-0.39, 0.29) is 5.92 Å². The van der Waals surface area contributed by atoms with Gasteiger partial charge in [-0.15, -0.1) is 6.58 Å². The zero-order chi connectivity index (χ0) is 10.1. The molecule has 1 saturated carbocycles. The van der Waals surface area contributed by atoms with Gasteiger partial charge in [0.1, 0.15) is 0 Å². The van der Waals surface area contributed by atoms with Crippen LogP contribution in [0.2, 0.25) is 0 Å². The lowest BCUT2D eigenvalue weighted by Crippen LogP contribution is -2.33. The molecule has 2 N–H and O–H groups in total. The summed E-state index contributed by atoms with van der Waals surface area (Å²) in [4.78, 5) is 0. The van der Waals surface area contributed by atoms with E-state index in [2.05, 4.69) is 6.58 Å². The second kappa shape index (κ2) is 3.80. The van der Waals surface area contributed by atoms with Crippen LogP contribution >= 0.6 is 0 Å². The van der Waals surface area contributed by atoms with Gasteiger partial charge in [0.2, 0.25) is 10.0 Å². The van der Waals surface area contributed by atoms with Crippen LogP contribution in [0.4, 0.5) is 0 Å². The van der Waals surface area contributed by atoms with Crippen molar-refractivity contribution in [1.82, 2.24) is 0 Å². The van der Waals surface area contributed by atoms with Crippen LogP contribution in [0.25, 0.3) is 0 Å². The van der Waals surface area contributed by atoms with E-state index in [0.717, 1.165) is 19.3 Å².